The average molecular weight is 608 g/mol. The largest absolute Gasteiger partial charge is 0.503 e. The van der Waals surface area contributed by atoms with Gasteiger partial charge in [-0.25, -0.2) is 14.3 Å². The number of nitrogens with one attached hydrogen (secondary N) is 4. The molecule has 0 unspecified atom stereocenters. The van der Waals surface area contributed by atoms with E-state index in [1.54, 1.807) is 0 Å². The number of aromatic nitrogens is 3. The second-order valence-electron chi connectivity index (χ2n) is 8.43. The molecular formula is C21H21N9O9S2. The van der Waals surface area contributed by atoms with Gasteiger partial charge in [-0.05, 0) is 12.1 Å². The maximum Gasteiger partial charge on any atom is 0.362 e. The third-order valence-corrected chi connectivity index (χ3v) is 7.37. The highest BCUT2D eigenvalue weighted by Gasteiger charge is 2.54. The molecule has 0 radical (unpaired) electrons. The van der Waals surface area contributed by atoms with Crippen molar-refractivity contribution in [3.05, 3.63) is 63.1 Å². The van der Waals surface area contributed by atoms with Crippen molar-refractivity contribution in [3.63, 3.8) is 0 Å². The number of amides is 3. The number of nitrogens with two attached hydrogens (primary N) is 1. The van der Waals surface area contributed by atoms with Crippen LogP contribution in [0.1, 0.15) is 21.7 Å². The highest BCUT2D eigenvalue weighted by Crippen LogP contribution is 2.24. The molecule has 1 aliphatic heterocycles. The number of carbonyl (C=O) groups is 3. The summed E-state index contributed by atoms with van der Waals surface area (Å²) in [5.41, 5.74) is 4.18. The lowest BCUT2D eigenvalue weighted by Crippen LogP contribution is -2.74. The molecule has 3 aromatic rings. The van der Waals surface area contributed by atoms with Crippen LogP contribution < -0.4 is 27.1 Å². The van der Waals surface area contributed by atoms with Gasteiger partial charge in [-0.1, -0.05) is 0 Å². The van der Waals surface area contributed by atoms with Gasteiger partial charge in [0.15, 0.2) is 10.9 Å². The fraction of sp³-hybridized carbons (Fsp3) is 0.190. The third-order valence-electron chi connectivity index (χ3n) is 5.75. The summed E-state index contributed by atoms with van der Waals surface area (Å²) in [4.78, 5) is 56.6. The van der Waals surface area contributed by atoms with Gasteiger partial charge >= 0.3 is 10.3 Å². The first-order valence-electron chi connectivity index (χ1n) is 11.3. The molecule has 0 saturated carbocycles. The molecule has 41 heavy (non-hydrogen) atoms. The van der Waals surface area contributed by atoms with E-state index in [-0.39, 0.29) is 45.3 Å². The number of nitrogen functional groups attached to an aromatic ring is 1. The summed E-state index contributed by atoms with van der Waals surface area (Å²) in [6.45, 7) is -0.576. The van der Waals surface area contributed by atoms with Crippen molar-refractivity contribution in [2.45, 2.75) is 18.6 Å². The van der Waals surface area contributed by atoms with Crippen LogP contribution in [0.5, 0.6) is 5.75 Å². The fourth-order valence-corrected chi connectivity index (χ4v) is 5.13. The van der Waals surface area contributed by atoms with Crippen LogP contribution >= 0.6 is 11.3 Å². The second-order valence-corrected chi connectivity index (χ2v) is 10.6. The molecule has 4 rings (SSSR count). The quantitative estimate of drug-likeness (QED) is 0.0543. The van der Waals surface area contributed by atoms with Gasteiger partial charge in [-0.3, -0.25) is 29.1 Å². The summed E-state index contributed by atoms with van der Waals surface area (Å²) in [5, 5.41) is 35.9. The van der Waals surface area contributed by atoms with Gasteiger partial charge in [0.05, 0.1) is 30.0 Å². The topological polar surface area (TPSA) is 283 Å². The number of thiazole rings is 1. The number of nitrogens with zero attached hydrogens (tertiary/aromatic N) is 4. The maximum atomic E-state index is 12.5. The van der Waals surface area contributed by atoms with Crippen LogP contribution in [-0.4, -0.2) is 84.3 Å². The first kappa shape index (κ1) is 28.9. The van der Waals surface area contributed by atoms with Crippen LogP contribution in [0.2, 0.25) is 0 Å². The van der Waals surface area contributed by atoms with Crippen LogP contribution in [0, 0.1) is 5.41 Å². The van der Waals surface area contributed by atoms with E-state index in [0.717, 1.165) is 29.8 Å². The van der Waals surface area contributed by atoms with Gasteiger partial charge in [0.1, 0.15) is 23.3 Å². The van der Waals surface area contributed by atoms with E-state index in [2.05, 4.69) is 25.9 Å². The highest BCUT2D eigenvalue weighted by molar-refractivity contribution is 7.84. The Labute approximate surface area is 233 Å². The minimum absolute atomic E-state index is 0.00155. The number of anilines is 2. The summed E-state index contributed by atoms with van der Waals surface area (Å²) < 4.78 is 33.6. The Balaban J connectivity index is 1.38. The molecular weight excluding hydrogens is 586 g/mol. The van der Waals surface area contributed by atoms with Crippen LogP contribution in [0.3, 0.4) is 0 Å². The predicted molar refractivity (Wildman–Crippen MR) is 141 cm³/mol. The number of pyridine rings is 2. The van der Waals surface area contributed by atoms with Crippen LogP contribution in [0.4, 0.5) is 10.9 Å². The molecule has 0 bridgehead atoms. The minimum atomic E-state index is -4.98. The molecule has 9 N–H and O–H groups in total. The first-order valence-corrected chi connectivity index (χ1v) is 13.6. The molecule has 0 aromatic carbocycles. The Kier molecular flexibility index (Phi) is 7.89. The summed E-state index contributed by atoms with van der Waals surface area (Å²) >= 11 is 0.991. The van der Waals surface area contributed by atoms with Crippen molar-refractivity contribution in [2.75, 3.05) is 17.6 Å². The first-order chi connectivity index (χ1) is 19.3. The zero-order valence-corrected chi connectivity index (χ0v) is 22.1. The van der Waals surface area contributed by atoms with E-state index >= 15 is 0 Å². The van der Waals surface area contributed by atoms with Gasteiger partial charge < -0.3 is 32.0 Å². The molecule has 20 heteroatoms. The molecule has 0 aliphatic carbocycles. The van der Waals surface area contributed by atoms with E-state index < -0.39 is 57.0 Å². The van der Waals surface area contributed by atoms with E-state index in [9.17, 15) is 42.5 Å². The number of aromatic hydroxyl groups is 1. The normalized spacial score (nSPS) is 16.5. The highest BCUT2D eigenvalue weighted by atomic mass is 32.2. The number of rotatable bonds is 10. The van der Waals surface area contributed by atoms with Crippen LogP contribution in [-0.2, 0) is 26.4 Å². The maximum absolute atomic E-state index is 12.5. The monoisotopic (exact) mass is 607 g/mol. The lowest BCUT2D eigenvalue weighted by atomic mass is 9.98. The van der Waals surface area contributed by atoms with Gasteiger partial charge in [-0.15, -0.1) is 11.3 Å². The SMILES string of the molecule is N=C(C(=O)N[C@@H]1C(=O)N(S(=O)(=O)O)[C@@H]1CNc1ccc(C(=O)NCc2cc(=O)c(O)cn2O)cn1)c1csc(N)n1. The molecule has 3 aromatic heterocycles. The standard InChI is InChI=1S/C21H21N9O9S2/c22-16(11-8-40-21(23)27-11)19(34)28-17-12(30(20(17)35)41(37,38)39)6-25-15-2-1-9(4-24-15)18(33)26-5-10-3-13(31)14(32)7-29(10)36/h1-4,7-8,12,17,22,32,36H,5-6H2,(H2,23,27)(H,24,25)(H,26,33)(H,28,34)(H,37,38,39)/t12-,17+/m1/s1. The molecule has 1 aliphatic rings. The van der Waals surface area contributed by atoms with Crippen molar-refractivity contribution in [3.8, 4) is 5.75 Å². The Hall–Kier alpha value is -5.08. The lowest BCUT2D eigenvalue weighted by Gasteiger charge is -2.44. The summed E-state index contributed by atoms with van der Waals surface area (Å²) in [7, 11) is -4.98. The molecule has 2 atom stereocenters. The Morgan fingerprint density at radius 2 is 1.98 bits per heavy atom. The summed E-state index contributed by atoms with van der Waals surface area (Å²) in [5.74, 6) is -3.31. The Bertz CT molecular complexity index is 1700. The average Bonchev–Trinajstić information content (AvgIpc) is 3.35. The lowest BCUT2D eigenvalue weighted by molar-refractivity contribution is -0.144. The van der Waals surface area contributed by atoms with Crippen molar-refractivity contribution in [1.82, 2.24) is 29.6 Å². The van der Waals surface area contributed by atoms with E-state index in [1.165, 1.54) is 17.5 Å². The smallest absolute Gasteiger partial charge is 0.362 e. The fourth-order valence-electron chi connectivity index (χ4n) is 3.69. The number of hydrogen-bond acceptors (Lipinski definition) is 14. The number of hydrogen-bond donors (Lipinski definition) is 8. The summed E-state index contributed by atoms with van der Waals surface area (Å²) in [6.07, 6.45) is 1.94. The van der Waals surface area contributed by atoms with Gasteiger partial charge in [0, 0.05) is 24.2 Å². The molecule has 4 heterocycles. The van der Waals surface area contributed by atoms with Crippen molar-refractivity contribution >= 4 is 56.0 Å². The van der Waals surface area contributed by atoms with Gasteiger partial charge in [-0.2, -0.15) is 13.1 Å². The number of carbonyl (C=O) groups excluding carboxylic acids is 3. The zero-order chi connectivity index (χ0) is 30.1. The molecule has 1 fully saturated rings. The minimum Gasteiger partial charge on any atom is -0.503 e. The van der Waals surface area contributed by atoms with E-state index in [0.29, 0.717) is 4.73 Å². The third kappa shape index (κ3) is 6.23. The van der Waals surface area contributed by atoms with Crippen molar-refractivity contribution < 1.29 is 37.7 Å². The van der Waals surface area contributed by atoms with Gasteiger partial charge in [0.25, 0.3) is 17.7 Å². The van der Waals surface area contributed by atoms with Crippen LogP contribution in [0.25, 0.3) is 0 Å². The summed E-state index contributed by atoms with van der Waals surface area (Å²) in [6, 6.07) is 0.935. The van der Waals surface area contributed by atoms with Crippen LogP contribution in [0.15, 0.2) is 40.8 Å². The van der Waals surface area contributed by atoms with Crippen molar-refractivity contribution in [2.24, 2.45) is 0 Å². The molecule has 216 valence electrons. The predicted octanol–water partition coefficient (Wildman–Crippen LogP) is -1.87. The number of β-lactam (4-membered cyclic amide) rings is 1. The molecule has 3 amide bonds. The van der Waals surface area contributed by atoms with E-state index in [4.69, 9.17) is 11.1 Å². The molecule has 0 spiro atoms. The Morgan fingerprint density at radius 3 is 2.59 bits per heavy atom. The van der Waals surface area contributed by atoms with Gasteiger partial charge in [0.2, 0.25) is 5.43 Å². The molecule has 18 nitrogen and oxygen atoms in total. The zero-order valence-electron chi connectivity index (χ0n) is 20.5. The Morgan fingerprint density at radius 1 is 1.24 bits per heavy atom. The van der Waals surface area contributed by atoms with Crippen molar-refractivity contribution in [1.29, 1.82) is 5.41 Å². The molecule has 1 saturated heterocycles. The second kappa shape index (κ2) is 11.2. The van der Waals surface area contributed by atoms with E-state index in [1.807, 2.05) is 0 Å².